The van der Waals surface area contributed by atoms with Crippen LogP contribution in [0.1, 0.15) is 63.2 Å². The summed E-state index contributed by atoms with van der Waals surface area (Å²) in [4.78, 5) is 36.4. The molecule has 2 atom stereocenters. The minimum atomic E-state index is -0.477. The van der Waals surface area contributed by atoms with Crippen LogP contribution < -0.4 is 4.90 Å². The summed E-state index contributed by atoms with van der Waals surface area (Å²) in [6.07, 6.45) is 3.55. The zero-order valence-electron chi connectivity index (χ0n) is 16.4. The third-order valence-corrected chi connectivity index (χ3v) is 6.15. The average Bonchev–Trinajstić information content (AvgIpc) is 3.38. The Hall–Kier alpha value is -3.28. The number of methoxy groups -OCH3 is 1. The van der Waals surface area contributed by atoms with Crippen molar-refractivity contribution in [2.45, 2.75) is 31.1 Å². The highest BCUT2D eigenvalue weighted by Gasteiger charge is 2.39. The number of hydrogen-bond donors (Lipinski definition) is 0. The molecule has 3 aromatic rings. The van der Waals surface area contributed by atoms with Gasteiger partial charge in [0.2, 0.25) is 0 Å². The summed E-state index contributed by atoms with van der Waals surface area (Å²) in [5.74, 6) is 0.373. The molecule has 2 bridgehead atoms. The number of rotatable bonds is 3. The number of aromatic nitrogens is 2. The number of nitrogens with zero attached hydrogens (tertiary/aromatic N) is 3. The van der Waals surface area contributed by atoms with E-state index in [1.165, 1.54) is 24.9 Å². The average molecular weight is 387 g/mol. The van der Waals surface area contributed by atoms with Crippen LogP contribution in [0.5, 0.6) is 0 Å². The van der Waals surface area contributed by atoms with Crippen LogP contribution in [0.4, 0.5) is 5.69 Å². The Morgan fingerprint density at radius 3 is 2.41 bits per heavy atom. The van der Waals surface area contributed by atoms with Crippen molar-refractivity contribution in [2.24, 2.45) is 0 Å². The molecule has 6 nitrogen and oxygen atoms in total. The highest BCUT2D eigenvalue weighted by molar-refractivity contribution is 6.10. The number of amides is 1. The third kappa shape index (κ3) is 2.78. The lowest BCUT2D eigenvalue weighted by atomic mass is 10.00. The monoisotopic (exact) mass is 387 g/mol. The maximum atomic E-state index is 13.1. The van der Waals surface area contributed by atoms with E-state index in [0.29, 0.717) is 28.7 Å². The molecule has 2 aliphatic rings. The van der Waals surface area contributed by atoms with Gasteiger partial charge in [0.15, 0.2) is 0 Å². The molecule has 2 aromatic carbocycles. The topological polar surface area (TPSA) is 72.4 Å². The first-order valence-electron chi connectivity index (χ1n) is 9.84. The van der Waals surface area contributed by atoms with E-state index < -0.39 is 5.97 Å². The molecule has 0 saturated heterocycles. The van der Waals surface area contributed by atoms with E-state index in [1.54, 1.807) is 43.4 Å². The van der Waals surface area contributed by atoms with Crippen LogP contribution in [0.25, 0.3) is 11.0 Å². The lowest BCUT2D eigenvalue weighted by Crippen LogP contribution is -2.28. The number of carbonyl (C=O) groups is 2. The maximum absolute atomic E-state index is 13.1. The van der Waals surface area contributed by atoms with Gasteiger partial charge >= 0.3 is 5.97 Å². The SMILES string of the molecule is COC(=O)c1ccccc1N(C)C(=O)c1ccc2nc3c(nc2c1)C1CCC3C1. The standard InChI is InChI=1S/C23H21N3O3/c1-26(19-6-4-3-5-16(19)23(28)29-2)22(27)15-9-10-17-18(12-15)25-21-14-8-7-13(11-14)20(21)24-17/h3-6,9-10,12-14H,7-8,11H2,1-2H3. The predicted molar refractivity (Wildman–Crippen MR) is 109 cm³/mol. The van der Waals surface area contributed by atoms with Gasteiger partial charge in [-0.25, -0.2) is 14.8 Å². The van der Waals surface area contributed by atoms with Gasteiger partial charge in [0.1, 0.15) is 0 Å². The third-order valence-electron chi connectivity index (χ3n) is 6.15. The van der Waals surface area contributed by atoms with E-state index in [1.807, 2.05) is 6.07 Å². The molecule has 0 aliphatic heterocycles. The van der Waals surface area contributed by atoms with Crippen molar-refractivity contribution >= 4 is 28.6 Å². The van der Waals surface area contributed by atoms with Gasteiger partial charge in [-0.05, 0) is 49.6 Å². The maximum Gasteiger partial charge on any atom is 0.339 e. The number of anilines is 1. The molecular weight excluding hydrogens is 366 g/mol. The van der Waals surface area contributed by atoms with Crippen LogP contribution in [0.3, 0.4) is 0 Å². The fourth-order valence-corrected chi connectivity index (χ4v) is 4.65. The molecule has 146 valence electrons. The lowest BCUT2D eigenvalue weighted by Gasteiger charge is -2.20. The molecular formula is C23H21N3O3. The summed E-state index contributed by atoms with van der Waals surface area (Å²) < 4.78 is 4.84. The molecule has 5 rings (SSSR count). The van der Waals surface area contributed by atoms with E-state index in [0.717, 1.165) is 28.8 Å². The summed E-state index contributed by atoms with van der Waals surface area (Å²) >= 11 is 0. The molecule has 0 N–H and O–H groups in total. The number of hydrogen-bond acceptors (Lipinski definition) is 5. The highest BCUT2D eigenvalue weighted by atomic mass is 16.5. The number of ether oxygens (including phenoxy) is 1. The Labute approximate surface area is 168 Å². The molecule has 1 heterocycles. The molecule has 6 heteroatoms. The number of benzene rings is 2. The molecule has 1 saturated carbocycles. The number of esters is 1. The predicted octanol–water partition coefficient (Wildman–Crippen LogP) is 4.06. The van der Waals surface area contributed by atoms with Gasteiger partial charge in [0.05, 0.1) is 40.8 Å². The largest absolute Gasteiger partial charge is 0.465 e. The second-order valence-electron chi connectivity index (χ2n) is 7.78. The summed E-state index contributed by atoms with van der Waals surface area (Å²) in [7, 11) is 2.98. The van der Waals surface area contributed by atoms with Crippen molar-refractivity contribution in [3.8, 4) is 0 Å². The number of carbonyl (C=O) groups excluding carboxylic acids is 2. The molecule has 29 heavy (non-hydrogen) atoms. The summed E-state index contributed by atoms with van der Waals surface area (Å²) in [6.45, 7) is 0. The molecule has 2 aliphatic carbocycles. The quantitative estimate of drug-likeness (QED) is 0.634. The van der Waals surface area contributed by atoms with Gasteiger partial charge in [0, 0.05) is 24.4 Å². The molecule has 1 aromatic heterocycles. The van der Waals surface area contributed by atoms with E-state index in [-0.39, 0.29) is 5.91 Å². The number of para-hydroxylation sites is 1. The zero-order valence-corrected chi connectivity index (χ0v) is 16.4. The Morgan fingerprint density at radius 1 is 1.00 bits per heavy atom. The highest BCUT2D eigenvalue weighted by Crippen LogP contribution is 2.51. The fourth-order valence-electron chi connectivity index (χ4n) is 4.65. The van der Waals surface area contributed by atoms with Gasteiger partial charge < -0.3 is 9.64 Å². The molecule has 2 unspecified atom stereocenters. The second-order valence-corrected chi connectivity index (χ2v) is 7.78. The van der Waals surface area contributed by atoms with Crippen LogP contribution in [-0.2, 0) is 4.74 Å². The first kappa shape index (κ1) is 17.8. The van der Waals surface area contributed by atoms with Gasteiger partial charge in [-0.3, -0.25) is 4.79 Å². The first-order valence-corrected chi connectivity index (χ1v) is 9.84. The fraction of sp³-hybridized carbons (Fsp3) is 0.304. The van der Waals surface area contributed by atoms with E-state index in [9.17, 15) is 9.59 Å². The van der Waals surface area contributed by atoms with Crippen LogP contribution in [0.15, 0.2) is 42.5 Å². The van der Waals surface area contributed by atoms with Crippen LogP contribution >= 0.6 is 0 Å². The minimum absolute atomic E-state index is 0.216. The Bertz CT molecular complexity index is 1160. The van der Waals surface area contributed by atoms with Crippen LogP contribution in [0, 0.1) is 0 Å². The van der Waals surface area contributed by atoms with Gasteiger partial charge in [-0.15, -0.1) is 0 Å². The number of fused-ring (bicyclic) bond motifs is 6. The minimum Gasteiger partial charge on any atom is -0.465 e. The van der Waals surface area contributed by atoms with Crippen molar-refractivity contribution in [1.82, 2.24) is 9.97 Å². The van der Waals surface area contributed by atoms with E-state index in [4.69, 9.17) is 14.7 Å². The smallest absolute Gasteiger partial charge is 0.339 e. The molecule has 0 spiro atoms. The Kier molecular flexibility index (Phi) is 4.08. The van der Waals surface area contributed by atoms with Crippen molar-refractivity contribution in [3.63, 3.8) is 0 Å². The van der Waals surface area contributed by atoms with Gasteiger partial charge in [-0.1, -0.05) is 12.1 Å². The van der Waals surface area contributed by atoms with Crippen molar-refractivity contribution in [1.29, 1.82) is 0 Å². The summed E-state index contributed by atoms with van der Waals surface area (Å²) in [5, 5.41) is 0. The summed E-state index contributed by atoms with van der Waals surface area (Å²) in [5.41, 5.74) is 5.20. The first-order chi connectivity index (χ1) is 14.1. The normalized spacial score (nSPS) is 19.2. The zero-order chi connectivity index (χ0) is 20.1. The van der Waals surface area contributed by atoms with E-state index in [2.05, 4.69) is 0 Å². The van der Waals surface area contributed by atoms with Gasteiger partial charge in [0.25, 0.3) is 5.91 Å². The van der Waals surface area contributed by atoms with E-state index >= 15 is 0 Å². The Balaban J connectivity index is 1.51. The van der Waals surface area contributed by atoms with Crippen molar-refractivity contribution in [2.75, 3.05) is 19.1 Å². The Morgan fingerprint density at radius 2 is 1.69 bits per heavy atom. The lowest BCUT2D eigenvalue weighted by molar-refractivity contribution is 0.0601. The second kappa shape index (κ2) is 6.65. The van der Waals surface area contributed by atoms with Crippen LogP contribution in [0.2, 0.25) is 0 Å². The molecule has 1 fully saturated rings. The molecule has 0 radical (unpaired) electrons. The van der Waals surface area contributed by atoms with Crippen molar-refractivity contribution in [3.05, 3.63) is 65.0 Å². The van der Waals surface area contributed by atoms with Crippen molar-refractivity contribution < 1.29 is 14.3 Å². The van der Waals surface area contributed by atoms with Gasteiger partial charge in [-0.2, -0.15) is 0 Å². The summed E-state index contributed by atoms with van der Waals surface area (Å²) in [6, 6.07) is 12.3. The van der Waals surface area contributed by atoms with Crippen LogP contribution in [-0.4, -0.2) is 36.0 Å². The molecule has 1 amide bonds.